The molecule has 1 heterocycles. The molecule has 3 unspecified atom stereocenters. The normalized spacial score (nSPS) is 42.8. The van der Waals surface area contributed by atoms with Gasteiger partial charge in [0.1, 0.15) is 0 Å². The summed E-state index contributed by atoms with van der Waals surface area (Å²) in [4.78, 5) is 11.5. The van der Waals surface area contributed by atoms with E-state index in [4.69, 9.17) is 0 Å². The van der Waals surface area contributed by atoms with Crippen LogP contribution in [0.5, 0.6) is 0 Å². The van der Waals surface area contributed by atoms with E-state index in [0.29, 0.717) is 12.0 Å². The van der Waals surface area contributed by atoms with Crippen LogP contribution in [0.4, 0.5) is 0 Å². The third-order valence-electron chi connectivity index (χ3n) is 4.02. The maximum absolute atomic E-state index is 11.5. The summed E-state index contributed by atoms with van der Waals surface area (Å²) < 4.78 is 1.33. The van der Waals surface area contributed by atoms with Crippen LogP contribution in [0.2, 0.25) is 0 Å². The summed E-state index contributed by atoms with van der Waals surface area (Å²) in [5.74, 6) is 0.601. The highest BCUT2D eigenvalue weighted by molar-refractivity contribution is 5.09. The van der Waals surface area contributed by atoms with E-state index >= 15 is 0 Å². The van der Waals surface area contributed by atoms with Gasteiger partial charge in [0.15, 0.2) is 0 Å². The van der Waals surface area contributed by atoms with E-state index in [9.17, 15) is 4.91 Å². The van der Waals surface area contributed by atoms with Crippen molar-refractivity contribution < 1.29 is 4.76 Å². The van der Waals surface area contributed by atoms with Crippen LogP contribution < -0.4 is 0 Å². The Labute approximate surface area is 79.6 Å². The number of nitrogens with zero attached hydrogens (tertiary/aromatic N) is 1. The molecule has 2 heteroatoms. The molecule has 3 atom stereocenters. The van der Waals surface area contributed by atoms with Crippen molar-refractivity contribution in [2.45, 2.75) is 51.1 Å². The third kappa shape index (κ3) is 1.07. The van der Waals surface area contributed by atoms with E-state index in [-0.39, 0.29) is 5.54 Å². The number of fused-ring (bicyclic) bond motifs is 1. The first-order valence-electron chi connectivity index (χ1n) is 5.23. The molecule has 2 rings (SSSR count). The Morgan fingerprint density at radius 1 is 1.69 bits per heavy atom. The predicted octanol–water partition coefficient (Wildman–Crippen LogP) is 2.67. The van der Waals surface area contributed by atoms with Crippen LogP contribution in [0.1, 0.15) is 39.5 Å². The average Bonchev–Trinajstić information content (AvgIpc) is 2.72. The number of hydrogen-bond donors (Lipinski definition) is 0. The Morgan fingerprint density at radius 2 is 2.38 bits per heavy atom. The first kappa shape index (κ1) is 8.92. The molecular weight excluding hydrogens is 162 g/mol. The number of allylic oxidation sites excluding steroid dienone is 1. The topological polar surface area (TPSA) is 20.1 Å². The summed E-state index contributed by atoms with van der Waals surface area (Å²) in [5, 5.41) is 0. The van der Waals surface area contributed by atoms with Gasteiger partial charge in [-0.25, -0.2) is 0 Å². The lowest BCUT2D eigenvalue weighted by Gasteiger charge is -2.18. The minimum atomic E-state index is 0.0476. The Bertz CT molecular complexity index is 271. The average molecular weight is 180 g/mol. The number of hydrogen-bond acceptors (Lipinski definition) is 1. The summed E-state index contributed by atoms with van der Waals surface area (Å²) in [7, 11) is 0. The molecule has 0 N–H and O–H groups in total. The molecule has 2 aliphatic rings. The largest absolute Gasteiger partial charge is 0.275 e. The molecule has 0 aromatic heterocycles. The van der Waals surface area contributed by atoms with Crippen LogP contribution in [0.15, 0.2) is 12.2 Å². The second-order valence-corrected chi connectivity index (χ2v) is 4.62. The van der Waals surface area contributed by atoms with Crippen LogP contribution in [-0.4, -0.2) is 16.3 Å². The molecule has 13 heavy (non-hydrogen) atoms. The number of rotatable bonds is 2. The van der Waals surface area contributed by atoms with Gasteiger partial charge in [0.2, 0.25) is 0 Å². The molecule has 0 spiro atoms. The highest BCUT2D eigenvalue weighted by Crippen LogP contribution is 2.51. The standard InChI is InChI=1S/C11H18NO/c1-4-11-6-5-9(8(2)3)7-10(11)12(11)13/h9-10H,2,4-7H2,1,3H3/q+1. The van der Waals surface area contributed by atoms with E-state index in [2.05, 4.69) is 20.4 Å². The predicted molar refractivity (Wildman–Crippen MR) is 52.6 cm³/mol. The fourth-order valence-electron chi connectivity index (χ4n) is 2.83. The van der Waals surface area contributed by atoms with E-state index in [1.54, 1.807) is 0 Å². The zero-order valence-corrected chi connectivity index (χ0v) is 8.55. The van der Waals surface area contributed by atoms with Gasteiger partial charge in [-0.2, -0.15) is 0 Å². The van der Waals surface area contributed by atoms with Gasteiger partial charge in [0.25, 0.3) is 11.6 Å². The molecule has 0 aromatic rings. The smallest absolute Gasteiger partial charge is 0.0999 e. The van der Waals surface area contributed by atoms with Gasteiger partial charge in [-0.1, -0.05) is 19.1 Å². The monoisotopic (exact) mass is 180 g/mol. The molecule has 0 amide bonds. The maximum Gasteiger partial charge on any atom is 0.275 e. The van der Waals surface area contributed by atoms with Gasteiger partial charge in [0.05, 0.1) is 0 Å². The molecule has 2 nitrogen and oxygen atoms in total. The van der Waals surface area contributed by atoms with Gasteiger partial charge < -0.3 is 0 Å². The molecule has 1 saturated heterocycles. The molecule has 0 radical (unpaired) electrons. The molecule has 0 bridgehead atoms. The van der Waals surface area contributed by atoms with Gasteiger partial charge in [-0.15, -0.1) is 0 Å². The SMILES string of the molecule is C=C(C)C1CCC2(CC)C(C1)[N+]2=O. The summed E-state index contributed by atoms with van der Waals surface area (Å²) in [5.41, 5.74) is 1.30. The van der Waals surface area contributed by atoms with E-state index in [1.807, 2.05) is 0 Å². The van der Waals surface area contributed by atoms with Gasteiger partial charge in [-0.05, 0) is 19.3 Å². The molecule has 72 valence electrons. The van der Waals surface area contributed by atoms with Crippen LogP contribution in [0, 0.1) is 10.8 Å². The molecule has 2 fully saturated rings. The quantitative estimate of drug-likeness (QED) is 0.363. The summed E-state index contributed by atoms with van der Waals surface area (Å²) in [6, 6.07) is 0.313. The number of nitroso groups, excluding NO2 is 1. The summed E-state index contributed by atoms with van der Waals surface area (Å²) >= 11 is 0. The van der Waals surface area contributed by atoms with Crippen molar-refractivity contribution in [3.8, 4) is 0 Å². The Hall–Kier alpha value is -0.660. The second-order valence-electron chi connectivity index (χ2n) is 4.62. The van der Waals surface area contributed by atoms with Crippen molar-refractivity contribution in [3.63, 3.8) is 0 Å². The maximum atomic E-state index is 11.5. The van der Waals surface area contributed by atoms with Gasteiger partial charge in [-0.3, -0.25) is 0 Å². The van der Waals surface area contributed by atoms with Crippen LogP contribution in [0.25, 0.3) is 0 Å². The van der Waals surface area contributed by atoms with E-state index < -0.39 is 0 Å². The highest BCUT2D eigenvalue weighted by atomic mass is 16.3. The van der Waals surface area contributed by atoms with E-state index in [1.165, 1.54) is 16.8 Å². The van der Waals surface area contributed by atoms with Crippen LogP contribution in [0.3, 0.4) is 0 Å². The Kier molecular flexibility index (Phi) is 1.83. The molecular formula is C11H18NO+. The lowest BCUT2D eigenvalue weighted by Crippen LogP contribution is -2.24. The molecule has 1 aliphatic carbocycles. The fraction of sp³-hybridized carbons (Fsp3) is 0.818. The lowest BCUT2D eigenvalue weighted by atomic mass is 9.78. The molecule has 1 saturated carbocycles. The van der Waals surface area contributed by atoms with Crippen molar-refractivity contribution >= 4 is 0 Å². The van der Waals surface area contributed by atoms with Crippen molar-refractivity contribution in [3.05, 3.63) is 17.1 Å². The van der Waals surface area contributed by atoms with Crippen molar-refractivity contribution in [2.24, 2.45) is 5.92 Å². The fourth-order valence-corrected chi connectivity index (χ4v) is 2.83. The minimum Gasteiger partial charge on any atom is -0.0999 e. The Morgan fingerprint density at radius 3 is 2.85 bits per heavy atom. The second kappa shape index (κ2) is 2.66. The molecule has 0 aromatic carbocycles. The zero-order chi connectivity index (χ0) is 9.64. The van der Waals surface area contributed by atoms with Crippen LogP contribution >= 0.6 is 0 Å². The van der Waals surface area contributed by atoms with E-state index in [0.717, 1.165) is 19.3 Å². The van der Waals surface area contributed by atoms with Gasteiger partial charge >= 0.3 is 0 Å². The van der Waals surface area contributed by atoms with Gasteiger partial charge in [0, 0.05) is 28.9 Å². The highest BCUT2D eigenvalue weighted by Gasteiger charge is 2.76. The summed E-state index contributed by atoms with van der Waals surface area (Å²) in [6.07, 6.45) is 4.31. The summed E-state index contributed by atoms with van der Waals surface area (Å²) in [6.45, 7) is 8.20. The first-order valence-corrected chi connectivity index (χ1v) is 5.23. The zero-order valence-electron chi connectivity index (χ0n) is 8.55. The first-order chi connectivity index (χ1) is 6.12. The van der Waals surface area contributed by atoms with Crippen LogP contribution in [-0.2, 0) is 0 Å². The van der Waals surface area contributed by atoms with Crippen molar-refractivity contribution in [2.75, 3.05) is 0 Å². The lowest BCUT2D eigenvalue weighted by molar-refractivity contribution is -0.431. The van der Waals surface area contributed by atoms with Crippen molar-refractivity contribution in [1.82, 2.24) is 0 Å². The minimum absolute atomic E-state index is 0.0476. The third-order valence-corrected chi connectivity index (χ3v) is 4.02. The molecule has 1 aliphatic heterocycles. The Balaban J connectivity index is 2.08. The van der Waals surface area contributed by atoms with Crippen molar-refractivity contribution in [1.29, 1.82) is 0 Å².